The highest BCUT2D eigenvalue weighted by Gasteiger charge is 2.31. The first kappa shape index (κ1) is 23.8. The van der Waals surface area contributed by atoms with E-state index in [1.54, 1.807) is 17.0 Å². The Kier molecular flexibility index (Phi) is 8.64. The summed E-state index contributed by atoms with van der Waals surface area (Å²) < 4.78 is 0.582. The smallest absolute Gasteiger partial charge is 0.266 e. The molecule has 1 fully saturated rings. The molecule has 0 aromatic heterocycles. The third-order valence-corrected chi connectivity index (χ3v) is 6.24. The highest BCUT2D eigenvalue weighted by molar-refractivity contribution is 8.26. The molecule has 0 bridgehead atoms. The Balaban J connectivity index is 1.42. The van der Waals surface area contributed by atoms with E-state index in [1.807, 2.05) is 49.4 Å². The van der Waals surface area contributed by atoms with Crippen molar-refractivity contribution < 1.29 is 14.7 Å². The quantitative estimate of drug-likeness (QED) is 0.213. The van der Waals surface area contributed by atoms with Gasteiger partial charge in [0.2, 0.25) is 5.91 Å². The number of rotatable bonds is 9. The molecule has 1 aliphatic rings. The van der Waals surface area contributed by atoms with Crippen LogP contribution in [-0.2, 0) is 9.59 Å². The van der Waals surface area contributed by atoms with E-state index in [9.17, 15) is 14.7 Å². The Morgan fingerprint density at radius 3 is 2.53 bits per heavy atom. The molecule has 1 heterocycles. The molecule has 32 heavy (non-hydrogen) atoms. The molecular weight excluding hydrogens is 440 g/mol. The topological polar surface area (TPSA) is 69.6 Å². The van der Waals surface area contributed by atoms with Gasteiger partial charge >= 0.3 is 0 Å². The van der Waals surface area contributed by atoms with E-state index in [0.29, 0.717) is 27.9 Å². The van der Waals surface area contributed by atoms with Crippen molar-refractivity contribution in [3.8, 4) is 5.75 Å². The Hall–Kier alpha value is -2.90. The number of aromatic hydroxyl groups is 1. The number of hydrogen-bond acceptors (Lipinski definition) is 5. The fourth-order valence-electron chi connectivity index (χ4n) is 3.25. The van der Waals surface area contributed by atoms with Crippen LogP contribution in [0.2, 0.25) is 0 Å². The molecule has 166 valence electrons. The van der Waals surface area contributed by atoms with Gasteiger partial charge in [-0.2, -0.15) is 0 Å². The zero-order valence-corrected chi connectivity index (χ0v) is 19.5. The second-order valence-corrected chi connectivity index (χ2v) is 9.21. The first-order valence-electron chi connectivity index (χ1n) is 10.5. The number of nitrogens with one attached hydrogen (secondary N) is 1. The zero-order valence-electron chi connectivity index (χ0n) is 17.9. The number of thioether (sulfide) groups is 1. The number of benzene rings is 2. The molecule has 2 aromatic carbocycles. The van der Waals surface area contributed by atoms with Crippen LogP contribution in [0.4, 0.5) is 5.69 Å². The number of unbranched alkanes of at least 4 members (excludes halogenated alkanes) is 2. The Morgan fingerprint density at radius 1 is 1.09 bits per heavy atom. The predicted molar refractivity (Wildman–Crippen MR) is 135 cm³/mol. The lowest BCUT2D eigenvalue weighted by atomic mass is 10.1. The molecule has 2 amide bonds. The fraction of sp³-hybridized carbons (Fsp3) is 0.240. The minimum Gasteiger partial charge on any atom is -0.508 e. The van der Waals surface area contributed by atoms with E-state index >= 15 is 0 Å². The molecule has 7 heteroatoms. The van der Waals surface area contributed by atoms with Gasteiger partial charge in [0.05, 0.1) is 4.91 Å². The summed E-state index contributed by atoms with van der Waals surface area (Å²) in [5.41, 5.74) is 2.75. The average Bonchev–Trinajstić information content (AvgIpc) is 3.03. The lowest BCUT2D eigenvalue weighted by Gasteiger charge is -2.14. The lowest BCUT2D eigenvalue weighted by Crippen LogP contribution is -2.29. The Bertz CT molecular complexity index is 1030. The van der Waals surface area contributed by atoms with Crippen LogP contribution in [0.25, 0.3) is 6.08 Å². The van der Waals surface area contributed by atoms with E-state index in [2.05, 4.69) is 5.32 Å². The minimum absolute atomic E-state index is 0.0501. The number of anilines is 1. The highest BCUT2D eigenvalue weighted by atomic mass is 32.2. The molecule has 0 atom stereocenters. The van der Waals surface area contributed by atoms with Crippen LogP contribution in [0.15, 0.2) is 71.2 Å². The number of nitrogens with zero attached hydrogens (tertiary/aromatic N) is 1. The van der Waals surface area contributed by atoms with Gasteiger partial charge < -0.3 is 10.4 Å². The van der Waals surface area contributed by atoms with Crippen LogP contribution in [0.3, 0.4) is 0 Å². The molecule has 2 aromatic rings. The van der Waals surface area contributed by atoms with Crippen molar-refractivity contribution in [3.63, 3.8) is 0 Å². The lowest BCUT2D eigenvalue weighted by molar-refractivity contribution is -0.122. The number of allylic oxidation sites excluding steroid dienone is 2. The van der Waals surface area contributed by atoms with Crippen molar-refractivity contribution in [1.29, 1.82) is 0 Å². The number of amides is 2. The summed E-state index contributed by atoms with van der Waals surface area (Å²) in [7, 11) is 0. The first-order valence-corrected chi connectivity index (χ1v) is 11.7. The molecule has 3 rings (SSSR count). The number of carbonyl (C=O) groups is 2. The average molecular weight is 467 g/mol. The largest absolute Gasteiger partial charge is 0.508 e. The SMILES string of the molecule is CC(/C=C1\SC(=S)N(CCCCCC(=O)Nc2ccc(O)cc2)C1=O)=C\c1ccccc1. The fourth-order valence-corrected chi connectivity index (χ4v) is 4.61. The number of carbonyl (C=O) groups excluding carboxylic acids is 2. The van der Waals surface area contributed by atoms with E-state index in [1.165, 1.54) is 23.9 Å². The maximum Gasteiger partial charge on any atom is 0.266 e. The molecule has 0 saturated carbocycles. The molecule has 0 aliphatic carbocycles. The van der Waals surface area contributed by atoms with Gasteiger partial charge in [-0.3, -0.25) is 14.5 Å². The number of thiocarbonyl (C=S) groups is 1. The van der Waals surface area contributed by atoms with Crippen molar-refractivity contribution in [2.24, 2.45) is 0 Å². The molecule has 1 saturated heterocycles. The van der Waals surface area contributed by atoms with Crippen molar-refractivity contribution >= 4 is 51.9 Å². The number of phenolic OH excluding ortho intramolecular Hbond substituents is 1. The van der Waals surface area contributed by atoms with Gasteiger partial charge in [-0.25, -0.2) is 0 Å². The molecule has 0 unspecified atom stereocenters. The Morgan fingerprint density at radius 2 is 1.81 bits per heavy atom. The van der Waals surface area contributed by atoms with Crippen molar-refractivity contribution in [2.45, 2.75) is 32.6 Å². The van der Waals surface area contributed by atoms with Crippen LogP contribution < -0.4 is 5.32 Å². The van der Waals surface area contributed by atoms with Gasteiger partial charge in [0.1, 0.15) is 10.1 Å². The summed E-state index contributed by atoms with van der Waals surface area (Å²) in [6.45, 7) is 2.53. The summed E-state index contributed by atoms with van der Waals surface area (Å²) in [5, 5.41) is 12.1. The normalized spacial score (nSPS) is 15.5. The minimum atomic E-state index is -0.0649. The third kappa shape index (κ3) is 7.07. The third-order valence-electron chi connectivity index (χ3n) is 4.86. The summed E-state index contributed by atoms with van der Waals surface area (Å²) in [5.74, 6) is 0.0479. The summed E-state index contributed by atoms with van der Waals surface area (Å²) >= 11 is 6.74. The second-order valence-electron chi connectivity index (χ2n) is 7.54. The highest BCUT2D eigenvalue weighted by Crippen LogP contribution is 2.32. The van der Waals surface area contributed by atoms with Crippen molar-refractivity contribution in [2.75, 3.05) is 11.9 Å². The summed E-state index contributed by atoms with van der Waals surface area (Å²) in [6.07, 6.45) is 6.67. The van der Waals surface area contributed by atoms with Crippen molar-refractivity contribution in [1.82, 2.24) is 4.90 Å². The predicted octanol–water partition coefficient (Wildman–Crippen LogP) is 5.74. The van der Waals surface area contributed by atoms with E-state index in [4.69, 9.17) is 12.2 Å². The van der Waals surface area contributed by atoms with E-state index in [0.717, 1.165) is 30.4 Å². The zero-order chi connectivity index (χ0) is 22.9. The molecule has 2 N–H and O–H groups in total. The van der Waals surface area contributed by atoms with Crippen LogP contribution in [-0.4, -0.2) is 32.7 Å². The maximum atomic E-state index is 12.7. The molecule has 0 spiro atoms. The Labute approximate surface area is 198 Å². The van der Waals surface area contributed by atoms with E-state index in [-0.39, 0.29) is 17.6 Å². The molecule has 1 aliphatic heterocycles. The van der Waals surface area contributed by atoms with Gasteiger partial charge in [-0.1, -0.05) is 66.8 Å². The van der Waals surface area contributed by atoms with Crippen LogP contribution in [0, 0.1) is 0 Å². The second kappa shape index (κ2) is 11.6. The first-order chi connectivity index (χ1) is 15.4. The van der Waals surface area contributed by atoms with Crippen LogP contribution in [0.1, 0.15) is 38.2 Å². The van der Waals surface area contributed by atoms with Gasteiger partial charge in [0.15, 0.2) is 0 Å². The maximum absolute atomic E-state index is 12.7. The number of phenols is 1. The van der Waals surface area contributed by atoms with Gasteiger partial charge in [0, 0.05) is 18.7 Å². The van der Waals surface area contributed by atoms with Crippen molar-refractivity contribution in [3.05, 3.63) is 76.7 Å². The van der Waals surface area contributed by atoms with Crippen LogP contribution in [0.5, 0.6) is 5.75 Å². The number of hydrogen-bond donors (Lipinski definition) is 2. The van der Waals surface area contributed by atoms with Gasteiger partial charge in [-0.05, 0) is 61.2 Å². The molecule has 0 radical (unpaired) electrons. The molecular formula is C25H26N2O3S2. The summed E-state index contributed by atoms with van der Waals surface area (Å²) in [6, 6.07) is 16.4. The van der Waals surface area contributed by atoms with Gasteiger partial charge in [0.25, 0.3) is 5.91 Å². The van der Waals surface area contributed by atoms with Gasteiger partial charge in [-0.15, -0.1) is 0 Å². The molecule has 5 nitrogen and oxygen atoms in total. The van der Waals surface area contributed by atoms with E-state index < -0.39 is 0 Å². The van der Waals surface area contributed by atoms with Crippen LogP contribution >= 0.6 is 24.0 Å². The standard InChI is InChI=1S/C25H26N2O3S2/c1-18(16-19-8-4-2-5-9-19)17-22-24(30)27(25(31)32-22)15-7-3-6-10-23(29)26-20-11-13-21(28)14-12-20/h2,4-5,8-9,11-14,16-17,28H,3,6-7,10,15H2,1H3,(H,26,29)/b18-16+,22-17-. The monoisotopic (exact) mass is 466 g/mol. The summed E-state index contributed by atoms with van der Waals surface area (Å²) in [4.78, 5) is 27.1.